The maximum atomic E-state index is 10.2. The molecule has 0 aliphatic carbocycles. The van der Waals surface area contributed by atoms with Gasteiger partial charge in [-0.1, -0.05) is 14.7 Å². The third kappa shape index (κ3) is 8.37. The van der Waals surface area contributed by atoms with E-state index in [9.17, 15) is 7.77 Å². The van der Waals surface area contributed by atoms with Crippen molar-refractivity contribution in [2.75, 3.05) is 26.7 Å². The lowest BCUT2D eigenvalue weighted by molar-refractivity contribution is -0.897. The van der Waals surface area contributed by atoms with Crippen LogP contribution in [0.2, 0.25) is 0 Å². The number of rotatable bonds is 2. The summed E-state index contributed by atoms with van der Waals surface area (Å²) in [5.74, 6) is 0. The number of likely N-dealkylation sites (tertiary alicyclic amines) is 1. The van der Waals surface area contributed by atoms with E-state index in [1.54, 1.807) is 0 Å². The fourth-order valence-electron chi connectivity index (χ4n) is 1.86. The Balaban J connectivity index is 0.000000292. The maximum Gasteiger partial charge on any atom is 0.364 e. The molecule has 86 valence electrons. The molecule has 0 spiro atoms. The molecule has 0 aromatic carbocycles. The van der Waals surface area contributed by atoms with E-state index in [0.717, 1.165) is 0 Å². The van der Waals surface area contributed by atoms with Crippen molar-refractivity contribution in [1.82, 2.24) is 0 Å². The van der Waals surface area contributed by atoms with Gasteiger partial charge in [-0.2, -0.15) is 8.99 Å². The molecule has 0 aromatic heterocycles. The summed E-state index contributed by atoms with van der Waals surface area (Å²) < 4.78 is 35.4. The lowest BCUT2D eigenvalue weighted by Gasteiger charge is -2.28. The average Bonchev–Trinajstić information content (AvgIpc) is 2.33. The first-order chi connectivity index (χ1) is 6.27. The van der Waals surface area contributed by atoms with Gasteiger partial charge in [0, 0.05) is 12.8 Å². The molecule has 1 aliphatic rings. The highest BCUT2D eigenvalue weighted by Crippen LogP contribution is 2.15. The highest BCUT2D eigenvalue weighted by molar-refractivity contribution is 7.82. The van der Waals surface area contributed by atoms with Crippen LogP contribution in [0.4, 0.5) is 7.77 Å². The van der Waals surface area contributed by atoms with Gasteiger partial charge in [-0.05, 0) is 6.42 Å². The molecular weight excluding hydrogens is 210 g/mol. The van der Waals surface area contributed by atoms with Gasteiger partial charge in [0.25, 0.3) is 0 Å². The summed E-state index contributed by atoms with van der Waals surface area (Å²) in [6, 6.07) is 0. The van der Waals surface area contributed by atoms with Gasteiger partial charge in [-0.25, -0.2) is 0 Å². The van der Waals surface area contributed by atoms with E-state index in [-0.39, 0.29) is 0 Å². The van der Waals surface area contributed by atoms with Gasteiger partial charge in [0.05, 0.1) is 26.7 Å². The van der Waals surface area contributed by atoms with Gasteiger partial charge in [0.15, 0.2) is 0 Å². The summed E-state index contributed by atoms with van der Waals surface area (Å²) in [4.78, 5) is 0. The number of halogens is 2. The summed E-state index contributed by atoms with van der Waals surface area (Å²) >= 11 is 0. The van der Waals surface area contributed by atoms with Crippen molar-refractivity contribution in [3.8, 4) is 0 Å². The van der Waals surface area contributed by atoms with Crippen molar-refractivity contribution < 1.29 is 16.5 Å². The highest BCUT2D eigenvalue weighted by Gasteiger charge is 2.24. The molecule has 0 bridgehead atoms. The first-order valence-electron chi connectivity index (χ1n) is 4.78. The summed E-state index contributed by atoms with van der Waals surface area (Å²) in [6.45, 7) is 6.52. The minimum absolute atomic E-state index is 1.34. The van der Waals surface area contributed by atoms with E-state index < -0.39 is 10.5 Å². The van der Waals surface area contributed by atoms with Gasteiger partial charge >= 0.3 is 10.5 Å². The van der Waals surface area contributed by atoms with Crippen LogP contribution in [0.25, 0.3) is 0 Å². The Labute approximate surface area is 85.3 Å². The first-order valence-corrected chi connectivity index (χ1v) is 6.14. The van der Waals surface area contributed by atoms with E-state index in [1.165, 1.54) is 43.4 Å². The summed E-state index contributed by atoms with van der Waals surface area (Å²) in [5, 5.41) is 0. The lowest BCUT2D eigenvalue weighted by atomic mass is 10.4. The van der Waals surface area contributed by atoms with Crippen molar-refractivity contribution in [3.05, 3.63) is 0 Å². The van der Waals surface area contributed by atoms with Crippen LogP contribution in [0.3, 0.4) is 0 Å². The molecule has 0 amide bonds. The minimum Gasteiger partial charge on any atom is -0.326 e. The normalized spacial score (nSPS) is 20.0. The molecule has 0 atom stereocenters. The molecule has 1 N–H and O–H groups in total. The van der Waals surface area contributed by atoms with Crippen molar-refractivity contribution in [2.24, 2.45) is 0 Å². The van der Waals surface area contributed by atoms with Crippen LogP contribution < -0.4 is 0 Å². The predicted molar refractivity (Wildman–Crippen MR) is 53.4 cm³/mol. The lowest BCUT2D eigenvalue weighted by Crippen LogP contribution is -2.41. The Morgan fingerprint density at radius 3 is 2.00 bits per heavy atom. The Morgan fingerprint density at radius 2 is 1.71 bits per heavy atom. The second-order valence-corrected chi connectivity index (χ2v) is 4.76. The fraction of sp³-hybridized carbons (Fsp3) is 1.00. The van der Waals surface area contributed by atoms with Crippen LogP contribution in [0.5, 0.6) is 0 Å². The molecule has 0 radical (unpaired) electrons. The third-order valence-corrected chi connectivity index (χ3v) is 2.41. The maximum absolute atomic E-state index is 10.2. The van der Waals surface area contributed by atoms with Crippen LogP contribution in [-0.4, -0.2) is 35.4 Å². The van der Waals surface area contributed by atoms with Crippen molar-refractivity contribution in [1.29, 1.82) is 4.78 Å². The number of nitrogens with one attached hydrogen (secondary N) is 1. The molecule has 14 heavy (non-hydrogen) atoms. The number of nitrogens with zero attached hydrogens (tertiary/aromatic N) is 1. The van der Waals surface area contributed by atoms with Gasteiger partial charge in [-0.3, -0.25) is 0 Å². The number of hydrogen-bond acceptors (Lipinski definition) is 2. The predicted octanol–water partition coefficient (Wildman–Crippen LogP) is 2.44. The summed E-state index contributed by atoms with van der Waals surface area (Å²) in [7, 11) is -2.78. The summed E-state index contributed by atoms with van der Waals surface area (Å²) in [6.07, 6.45) is 4.25. The first kappa shape index (κ1) is 13.8. The smallest absolute Gasteiger partial charge is 0.326 e. The van der Waals surface area contributed by atoms with Gasteiger partial charge < -0.3 is 4.48 Å². The van der Waals surface area contributed by atoms with Crippen LogP contribution >= 0.6 is 0 Å². The molecule has 1 fully saturated rings. The Bertz CT molecular complexity index is 240. The van der Waals surface area contributed by atoms with E-state index in [4.69, 9.17) is 8.99 Å². The molecule has 1 saturated heterocycles. The summed E-state index contributed by atoms with van der Waals surface area (Å²) in [5.41, 5.74) is 0. The average molecular weight is 229 g/mol. The molecule has 0 unspecified atom stereocenters. The van der Waals surface area contributed by atoms with Crippen LogP contribution in [0, 0.1) is 4.78 Å². The van der Waals surface area contributed by atoms with E-state index in [2.05, 4.69) is 14.0 Å². The van der Waals surface area contributed by atoms with E-state index in [1.807, 2.05) is 0 Å². The quantitative estimate of drug-likeness (QED) is 0.573. The standard InChI is InChI=1S/C8H18N.F2HNOS/c1-3-6-9(2)7-4-5-8-9;1-5(2,3)4/h3-8H2,1-2H3;3H/q+1;. The highest BCUT2D eigenvalue weighted by atomic mass is 32.3. The van der Waals surface area contributed by atoms with Crippen molar-refractivity contribution in [3.63, 3.8) is 0 Å². The molecule has 1 heterocycles. The third-order valence-electron chi connectivity index (χ3n) is 2.41. The Kier molecular flexibility index (Phi) is 5.51. The molecule has 1 aliphatic heterocycles. The molecule has 0 saturated carbocycles. The van der Waals surface area contributed by atoms with Gasteiger partial charge in [0.2, 0.25) is 0 Å². The molecule has 1 rings (SSSR count). The molecule has 6 heteroatoms. The number of quaternary nitrogens is 1. The Hall–Kier alpha value is -0.230. The number of hydrogen-bond donors (Lipinski definition) is 1. The zero-order chi connectivity index (χ0) is 11.2. The van der Waals surface area contributed by atoms with Crippen LogP contribution in [0.1, 0.15) is 26.2 Å². The van der Waals surface area contributed by atoms with E-state index >= 15 is 0 Å². The van der Waals surface area contributed by atoms with Crippen LogP contribution in [-0.2, 0) is 10.5 Å². The topological polar surface area (TPSA) is 40.9 Å². The molecule has 3 nitrogen and oxygen atoms in total. The Morgan fingerprint density at radius 1 is 1.36 bits per heavy atom. The van der Waals surface area contributed by atoms with Crippen molar-refractivity contribution in [2.45, 2.75) is 26.2 Å². The van der Waals surface area contributed by atoms with Crippen LogP contribution in [0.15, 0.2) is 0 Å². The monoisotopic (exact) mass is 229 g/mol. The van der Waals surface area contributed by atoms with Gasteiger partial charge in [0.1, 0.15) is 0 Å². The fourth-order valence-corrected chi connectivity index (χ4v) is 1.86. The van der Waals surface area contributed by atoms with Crippen molar-refractivity contribution >= 4 is 10.5 Å². The zero-order valence-electron chi connectivity index (χ0n) is 8.76. The molecular formula is C8H19F2N2OS+. The van der Waals surface area contributed by atoms with Gasteiger partial charge in [-0.15, -0.1) is 0 Å². The van der Waals surface area contributed by atoms with E-state index in [0.29, 0.717) is 0 Å². The zero-order valence-corrected chi connectivity index (χ0v) is 9.58. The second kappa shape index (κ2) is 5.60. The second-order valence-electron chi connectivity index (χ2n) is 3.92. The SMILES string of the molecule is CCC[N+]1(C)CCCC1.N=S(=O)(F)F. The molecule has 0 aromatic rings. The minimum atomic E-state index is -5.17. The largest absolute Gasteiger partial charge is 0.364 e.